The highest BCUT2D eigenvalue weighted by molar-refractivity contribution is 5.67. The Labute approximate surface area is 139 Å². The molecule has 6 nitrogen and oxygen atoms in total. The molecule has 0 saturated carbocycles. The maximum absolute atomic E-state index is 4.45. The van der Waals surface area contributed by atoms with Crippen molar-refractivity contribution in [3.8, 4) is 0 Å². The summed E-state index contributed by atoms with van der Waals surface area (Å²) in [5.41, 5.74) is 4.43. The van der Waals surface area contributed by atoms with Gasteiger partial charge in [-0.1, -0.05) is 24.3 Å². The van der Waals surface area contributed by atoms with Gasteiger partial charge in [0.1, 0.15) is 5.52 Å². The van der Waals surface area contributed by atoms with Crippen molar-refractivity contribution in [1.82, 2.24) is 24.4 Å². The second-order valence-corrected chi connectivity index (χ2v) is 5.72. The van der Waals surface area contributed by atoms with Crippen molar-refractivity contribution in [3.05, 3.63) is 78.0 Å². The van der Waals surface area contributed by atoms with Crippen LogP contribution in [-0.4, -0.2) is 24.4 Å². The zero-order chi connectivity index (χ0) is 16.4. The zero-order valence-corrected chi connectivity index (χ0v) is 13.4. The number of nitrogens with one attached hydrogen (secondary N) is 1. The summed E-state index contributed by atoms with van der Waals surface area (Å²) in [5, 5.41) is 12.1. The second kappa shape index (κ2) is 6.16. The van der Waals surface area contributed by atoms with Crippen LogP contribution in [-0.2, 0) is 13.1 Å². The molecule has 4 aromatic rings. The Bertz CT molecular complexity index is 955. The molecule has 3 aromatic heterocycles. The van der Waals surface area contributed by atoms with Crippen molar-refractivity contribution in [2.45, 2.75) is 20.0 Å². The zero-order valence-electron chi connectivity index (χ0n) is 13.4. The van der Waals surface area contributed by atoms with E-state index in [0.29, 0.717) is 6.54 Å². The van der Waals surface area contributed by atoms with Crippen LogP contribution in [0.15, 0.2) is 61.2 Å². The van der Waals surface area contributed by atoms with Crippen molar-refractivity contribution < 1.29 is 0 Å². The smallest absolute Gasteiger partial charge is 0.152 e. The van der Waals surface area contributed by atoms with E-state index in [1.165, 1.54) is 11.1 Å². The van der Waals surface area contributed by atoms with Gasteiger partial charge in [0.05, 0.1) is 12.2 Å². The molecule has 0 bridgehead atoms. The molecule has 4 rings (SSSR count). The third-order valence-electron chi connectivity index (χ3n) is 3.97. The molecule has 3 heterocycles. The van der Waals surface area contributed by atoms with Gasteiger partial charge in [0.2, 0.25) is 0 Å². The summed E-state index contributed by atoms with van der Waals surface area (Å²) in [5.74, 6) is 0.840. The van der Waals surface area contributed by atoms with E-state index >= 15 is 0 Å². The summed E-state index contributed by atoms with van der Waals surface area (Å²) in [6, 6.07) is 12.4. The predicted octanol–water partition coefficient (Wildman–Crippen LogP) is 2.89. The molecule has 0 atom stereocenters. The molecule has 0 amide bonds. The summed E-state index contributed by atoms with van der Waals surface area (Å²) >= 11 is 0. The van der Waals surface area contributed by atoms with E-state index in [0.717, 1.165) is 23.6 Å². The fourth-order valence-corrected chi connectivity index (χ4v) is 2.81. The molecule has 1 aromatic carbocycles. The average molecular weight is 318 g/mol. The summed E-state index contributed by atoms with van der Waals surface area (Å²) < 4.78 is 3.78. The number of fused-ring (bicyclic) bond motifs is 1. The SMILES string of the molecule is Cc1cc2c(NCc3ccccc3Cn3cccn3)nccn2n1. The molecule has 120 valence electrons. The quantitative estimate of drug-likeness (QED) is 0.615. The maximum Gasteiger partial charge on any atom is 0.152 e. The van der Waals surface area contributed by atoms with E-state index in [1.54, 1.807) is 12.4 Å². The van der Waals surface area contributed by atoms with Crippen LogP contribution in [0.2, 0.25) is 0 Å². The fraction of sp³-hybridized carbons (Fsp3) is 0.167. The van der Waals surface area contributed by atoms with Crippen LogP contribution in [0.4, 0.5) is 5.82 Å². The van der Waals surface area contributed by atoms with Crippen LogP contribution in [0.3, 0.4) is 0 Å². The monoisotopic (exact) mass is 318 g/mol. The normalized spacial score (nSPS) is 11.0. The van der Waals surface area contributed by atoms with Gasteiger partial charge in [-0.2, -0.15) is 10.2 Å². The molecule has 0 spiro atoms. The molecule has 1 N–H and O–H groups in total. The van der Waals surface area contributed by atoms with E-state index in [-0.39, 0.29) is 0 Å². The van der Waals surface area contributed by atoms with E-state index in [4.69, 9.17) is 0 Å². The van der Waals surface area contributed by atoms with Crippen LogP contribution in [0, 0.1) is 6.92 Å². The molecular weight excluding hydrogens is 300 g/mol. The van der Waals surface area contributed by atoms with Crippen LogP contribution in [0.5, 0.6) is 0 Å². The Morgan fingerprint density at radius 1 is 1.04 bits per heavy atom. The van der Waals surface area contributed by atoms with E-state index < -0.39 is 0 Å². The minimum atomic E-state index is 0.703. The van der Waals surface area contributed by atoms with Crippen LogP contribution < -0.4 is 5.32 Å². The van der Waals surface area contributed by atoms with Gasteiger partial charge in [-0.3, -0.25) is 4.68 Å². The highest BCUT2D eigenvalue weighted by atomic mass is 15.3. The number of hydrogen-bond acceptors (Lipinski definition) is 4. The number of anilines is 1. The van der Waals surface area contributed by atoms with Crippen molar-refractivity contribution >= 4 is 11.3 Å². The minimum Gasteiger partial charge on any atom is -0.364 e. The molecule has 0 fully saturated rings. The molecule has 6 heteroatoms. The lowest BCUT2D eigenvalue weighted by Gasteiger charge is -2.12. The highest BCUT2D eigenvalue weighted by Crippen LogP contribution is 2.17. The van der Waals surface area contributed by atoms with Crippen LogP contribution in [0.25, 0.3) is 5.52 Å². The number of hydrogen-bond donors (Lipinski definition) is 1. The lowest BCUT2D eigenvalue weighted by Crippen LogP contribution is -2.08. The van der Waals surface area contributed by atoms with Crippen molar-refractivity contribution in [1.29, 1.82) is 0 Å². The molecule has 0 aliphatic heterocycles. The first-order valence-electron chi connectivity index (χ1n) is 7.89. The van der Waals surface area contributed by atoms with Gasteiger partial charge in [-0.25, -0.2) is 9.50 Å². The molecule has 0 unspecified atom stereocenters. The maximum atomic E-state index is 4.45. The Hall–Kier alpha value is -3.15. The molecule has 24 heavy (non-hydrogen) atoms. The predicted molar refractivity (Wildman–Crippen MR) is 92.8 cm³/mol. The first-order valence-corrected chi connectivity index (χ1v) is 7.89. The standard InChI is InChI=1S/C18H18N6/c1-14-11-17-18(19-8-10-24(17)22-14)20-12-15-5-2-3-6-16(15)13-23-9-4-7-21-23/h2-11H,12-13H2,1H3,(H,19,20). The average Bonchev–Trinajstić information content (AvgIpc) is 3.22. The number of rotatable bonds is 5. The van der Waals surface area contributed by atoms with E-state index in [2.05, 4.69) is 44.8 Å². The number of benzene rings is 1. The molecule has 0 aliphatic rings. The summed E-state index contributed by atoms with van der Waals surface area (Å²) in [6.07, 6.45) is 7.39. The van der Waals surface area contributed by atoms with Gasteiger partial charge in [-0.05, 0) is 30.2 Å². The Morgan fingerprint density at radius 3 is 2.75 bits per heavy atom. The summed E-state index contributed by atoms with van der Waals surface area (Å²) in [4.78, 5) is 4.45. The molecule has 0 saturated heterocycles. The van der Waals surface area contributed by atoms with E-state index in [9.17, 15) is 0 Å². The van der Waals surface area contributed by atoms with Crippen LogP contribution in [0.1, 0.15) is 16.8 Å². The van der Waals surface area contributed by atoms with Crippen molar-refractivity contribution in [2.24, 2.45) is 0 Å². The lowest BCUT2D eigenvalue weighted by atomic mass is 10.1. The fourth-order valence-electron chi connectivity index (χ4n) is 2.81. The third-order valence-corrected chi connectivity index (χ3v) is 3.97. The summed E-state index contributed by atoms with van der Waals surface area (Å²) in [7, 11) is 0. The topological polar surface area (TPSA) is 60.0 Å². The Kier molecular flexibility index (Phi) is 3.70. The van der Waals surface area contributed by atoms with Crippen LogP contribution >= 0.6 is 0 Å². The Balaban J connectivity index is 1.57. The largest absolute Gasteiger partial charge is 0.364 e. The van der Waals surface area contributed by atoms with Gasteiger partial charge in [0.25, 0.3) is 0 Å². The second-order valence-electron chi connectivity index (χ2n) is 5.72. The molecular formula is C18H18N6. The first kappa shape index (κ1) is 14.4. The van der Waals surface area contributed by atoms with Gasteiger partial charge in [-0.15, -0.1) is 0 Å². The summed E-state index contributed by atoms with van der Waals surface area (Å²) in [6.45, 7) is 3.44. The van der Waals surface area contributed by atoms with Crippen molar-refractivity contribution in [3.63, 3.8) is 0 Å². The molecule has 0 radical (unpaired) electrons. The van der Waals surface area contributed by atoms with Crippen molar-refractivity contribution in [2.75, 3.05) is 5.32 Å². The van der Waals surface area contributed by atoms with Gasteiger partial charge in [0, 0.05) is 31.3 Å². The van der Waals surface area contributed by atoms with Gasteiger partial charge < -0.3 is 5.32 Å². The Morgan fingerprint density at radius 2 is 1.92 bits per heavy atom. The number of aryl methyl sites for hydroxylation is 1. The first-order chi connectivity index (χ1) is 11.8. The highest BCUT2D eigenvalue weighted by Gasteiger charge is 2.07. The lowest BCUT2D eigenvalue weighted by molar-refractivity contribution is 0.682. The van der Waals surface area contributed by atoms with Gasteiger partial charge in [0.15, 0.2) is 5.82 Å². The molecule has 0 aliphatic carbocycles. The third kappa shape index (κ3) is 2.86. The van der Waals surface area contributed by atoms with E-state index in [1.807, 2.05) is 40.6 Å². The number of aromatic nitrogens is 5. The minimum absolute atomic E-state index is 0.703. The number of nitrogens with zero attached hydrogens (tertiary/aromatic N) is 5. The van der Waals surface area contributed by atoms with Gasteiger partial charge >= 0.3 is 0 Å².